The monoisotopic (exact) mass is 291 g/mol. The van der Waals surface area contributed by atoms with Gasteiger partial charge in [0.25, 0.3) is 0 Å². The highest BCUT2D eigenvalue weighted by molar-refractivity contribution is 5.74. The van der Waals surface area contributed by atoms with Crippen LogP contribution in [0.3, 0.4) is 0 Å². The van der Waals surface area contributed by atoms with E-state index in [2.05, 4.69) is 24.8 Å². The van der Waals surface area contributed by atoms with Gasteiger partial charge in [0.15, 0.2) is 0 Å². The Balaban J connectivity index is 1.77. The maximum absolute atomic E-state index is 11.3. The molecular formula is C17H25NO3. The second-order valence-corrected chi connectivity index (χ2v) is 6.03. The minimum Gasteiger partial charge on any atom is -0.494 e. The second kappa shape index (κ2) is 6.94. The summed E-state index contributed by atoms with van der Waals surface area (Å²) in [7, 11) is 0. The number of benzene rings is 1. The van der Waals surface area contributed by atoms with E-state index in [0.29, 0.717) is 6.61 Å². The van der Waals surface area contributed by atoms with Crippen LogP contribution in [0, 0.1) is 19.8 Å². The first kappa shape index (κ1) is 15.8. The van der Waals surface area contributed by atoms with Gasteiger partial charge in [-0.05, 0) is 62.4 Å². The number of carbonyl (C=O) groups is 1. The summed E-state index contributed by atoms with van der Waals surface area (Å²) in [5.41, 5.74) is 2.49. The quantitative estimate of drug-likeness (QED) is 0.819. The molecule has 21 heavy (non-hydrogen) atoms. The standard InChI is InChI=1S/C17H25NO3/c1-12-5-6-15(11-14(12)3)21-10-4-8-18-9-7-13(2)16(18)17(19)20/h5-6,11,13,16H,4,7-10H2,1-3H3,(H,19,20). The summed E-state index contributed by atoms with van der Waals surface area (Å²) in [6.45, 7) is 8.46. The van der Waals surface area contributed by atoms with Gasteiger partial charge in [-0.3, -0.25) is 9.69 Å². The number of rotatable bonds is 6. The van der Waals surface area contributed by atoms with Crippen LogP contribution in [-0.4, -0.2) is 41.7 Å². The van der Waals surface area contributed by atoms with Crippen LogP contribution in [0.1, 0.15) is 30.9 Å². The van der Waals surface area contributed by atoms with Crippen LogP contribution in [-0.2, 0) is 4.79 Å². The number of ether oxygens (including phenoxy) is 1. The van der Waals surface area contributed by atoms with E-state index in [9.17, 15) is 9.90 Å². The lowest BCUT2D eigenvalue weighted by atomic mass is 10.0. The third-order valence-electron chi connectivity index (χ3n) is 4.39. The fourth-order valence-corrected chi connectivity index (χ4v) is 2.94. The molecule has 0 aromatic heterocycles. The Hall–Kier alpha value is -1.55. The summed E-state index contributed by atoms with van der Waals surface area (Å²) in [5, 5.41) is 9.27. The molecule has 2 rings (SSSR count). The average molecular weight is 291 g/mol. The maximum Gasteiger partial charge on any atom is 0.321 e. The van der Waals surface area contributed by atoms with E-state index in [4.69, 9.17) is 4.74 Å². The van der Waals surface area contributed by atoms with Gasteiger partial charge in [0.2, 0.25) is 0 Å². The molecule has 1 aromatic rings. The fraction of sp³-hybridized carbons (Fsp3) is 0.588. The van der Waals surface area contributed by atoms with E-state index in [1.54, 1.807) is 0 Å². The van der Waals surface area contributed by atoms with Crippen molar-refractivity contribution in [3.63, 3.8) is 0 Å². The Bertz CT molecular complexity index is 501. The lowest BCUT2D eigenvalue weighted by Gasteiger charge is -2.22. The SMILES string of the molecule is Cc1ccc(OCCCN2CCC(C)C2C(=O)O)cc1C. The predicted octanol–water partition coefficient (Wildman–Crippen LogP) is 2.87. The Kier molecular flexibility index (Phi) is 5.23. The molecule has 2 atom stereocenters. The van der Waals surface area contributed by atoms with Crippen LogP contribution in [0.2, 0.25) is 0 Å². The Morgan fingerprint density at radius 1 is 1.38 bits per heavy atom. The van der Waals surface area contributed by atoms with Crippen LogP contribution < -0.4 is 4.74 Å². The third kappa shape index (κ3) is 3.97. The van der Waals surface area contributed by atoms with Crippen LogP contribution in [0.15, 0.2) is 18.2 Å². The van der Waals surface area contributed by atoms with Gasteiger partial charge in [0.05, 0.1) is 6.61 Å². The van der Waals surface area contributed by atoms with Crippen molar-refractivity contribution in [1.29, 1.82) is 0 Å². The normalized spacial score (nSPS) is 22.4. The van der Waals surface area contributed by atoms with Gasteiger partial charge in [-0.15, -0.1) is 0 Å². The van der Waals surface area contributed by atoms with Crippen LogP contribution >= 0.6 is 0 Å². The molecule has 0 saturated carbocycles. The van der Waals surface area contributed by atoms with Crippen molar-refractivity contribution in [3.05, 3.63) is 29.3 Å². The fourth-order valence-electron chi connectivity index (χ4n) is 2.94. The molecule has 1 N–H and O–H groups in total. The molecule has 4 nitrogen and oxygen atoms in total. The zero-order valence-corrected chi connectivity index (χ0v) is 13.1. The summed E-state index contributed by atoms with van der Waals surface area (Å²) in [4.78, 5) is 13.3. The molecule has 0 bridgehead atoms. The number of carboxylic acid groups (broad SMARTS) is 1. The van der Waals surface area contributed by atoms with E-state index >= 15 is 0 Å². The maximum atomic E-state index is 11.3. The highest BCUT2D eigenvalue weighted by atomic mass is 16.5. The highest BCUT2D eigenvalue weighted by Crippen LogP contribution is 2.24. The number of aliphatic carboxylic acids is 1. The molecule has 1 aromatic carbocycles. The van der Waals surface area contributed by atoms with Crippen molar-refractivity contribution in [2.45, 2.75) is 39.7 Å². The van der Waals surface area contributed by atoms with Crippen LogP contribution in [0.5, 0.6) is 5.75 Å². The summed E-state index contributed by atoms with van der Waals surface area (Å²) >= 11 is 0. The van der Waals surface area contributed by atoms with E-state index in [1.807, 2.05) is 19.1 Å². The molecule has 0 aliphatic carbocycles. The van der Waals surface area contributed by atoms with E-state index in [0.717, 1.165) is 31.7 Å². The second-order valence-electron chi connectivity index (χ2n) is 6.03. The summed E-state index contributed by atoms with van der Waals surface area (Å²) < 4.78 is 5.75. The van der Waals surface area contributed by atoms with Gasteiger partial charge in [0, 0.05) is 6.54 Å². The molecule has 1 saturated heterocycles. The average Bonchev–Trinajstić information content (AvgIpc) is 2.80. The van der Waals surface area contributed by atoms with Crippen molar-refractivity contribution >= 4 is 5.97 Å². The van der Waals surface area contributed by atoms with E-state index in [-0.39, 0.29) is 12.0 Å². The molecule has 1 aliphatic rings. The number of hydrogen-bond donors (Lipinski definition) is 1. The number of nitrogens with zero attached hydrogens (tertiary/aromatic N) is 1. The lowest BCUT2D eigenvalue weighted by Crippen LogP contribution is -2.39. The molecule has 0 radical (unpaired) electrons. The largest absolute Gasteiger partial charge is 0.494 e. The Morgan fingerprint density at radius 3 is 2.81 bits per heavy atom. The van der Waals surface area contributed by atoms with Crippen molar-refractivity contribution in [2.24, 2.45) is 5.92 Å². The zero-order valence-electron chi connectivity index (χ0n) is 13.1. The zero-order chi connectivity index (χ0) is 15.4. The van der Waals surface area contributed by atoms with E-state index < -0.39 is 5.97 Å². The number of hydrogen-bond acceptors (Lipinski definition) is 3. The topological polar surface area (TPSA) is 49.8 Å². The van der Waals surface area contributed by atoms with Gasteiger partial charge in [-0.25, -0.2) is 0 Å². The van der Waals surface area contributed by atoms with Crippen molar-refractivity contribution in [1.82, 2.24) is 4.90 Å². The number of aryl methyl sites for hydroxylation is 2. The molecule has 0 spiro atoms. The minimum absolute atomic E-state index is 0.239. The first-order chi connectivity index (χ1) is 9.99. The summed E-state index contributed by atoms with van der Waals surface area (Å²) in [6.07, 6.45) is 1.82. The molecule has 2 unspecified atom stereocenters. The number of likely N-dealkylation sites (tertiary alicyclic amines) is 1. The van der Waals surface area contributed by atoms with Gasteiger partial charge >= 0.3 is 5.97 Å². The molecule has 1 fully saturated rings. The minimum atomic E-state index is -0.699. The van der Waals surface area contributed by atoms with Gasteiger partial charge in [0.1, 0.15) is 11.8 Å². The predicted molar refractivity (Wildman–Crippen MR) is 82.8 cm³/mol. The smallest absolute Gasteiger partial charge is 0.321 e. The van der Waals surface area contributed by atoms with E-state index in [1.165, 1.54) is 11.1 Å². The summed E-state index contributed by atoms with van der Waals surface area (Å²) in [5.74, 6) is 0.431. The Labute approximate surface area is 126 Å². The highest BCUT2D eigenvalue weighted by Gasteiger charge is 2.35. The molecule has 116 valence electrons. The van der Waals surface area contributed by atoms with Crippen molar-refractivity contribution in [3.8, 4) is 5.75 Å². The molecule has 0 amide bonds. The lowest BCUT2D eigenvalue weighted by molar-refractivity contribution is -0.143. The van der Waals surface area contributed by atoms with Crippen molar-refractivity contribution in [2.75, 3.05) is 19.7 Å². The molecule has 1 aliphatic heterocycles. The van der Waals surface area contributed by atoms with Crippen molar-refractivity contribution < 1.29 is 14.6 Å². The molecule has 4 heteroatoms. The van der Waals surface area contributed by atoms with Crippen LogP contribution in [0.25, 0.3) is 0 Å². The van der Waals surface area contributed by atoms with Crippen LogP contribution in [0.4, 0.5) is 0 Å². The Morgan fingerprint density at radius 2 is 2.14 bits per heavy atom. The first-order valence-corrected chi connectivity index (χ1v) is 7.66. The molecular weight excluding hydrogens is 266 g/mol. The van der Waals surface area contributed by atoms with Gasteiger partial charge < -0.3 is 9.84 Å². The van der Waals surface area contributed by atoms with Gasteiger partial charge in [-0.2, -0.15) is 0 Å². The van der Waals surface area contributed by atoms with Gasteiger partial charge in [-0.1, -0.05) is 13.0 Å². The summed E-state index contributed by atoms with van der Waals surface area (Å²) in [6, 6.07) is 5.77. The first-order valence-electron chi connectivity index (χ1n) is 7.66. The number of carboxylic acids is 1. The third-order valence-corrected chi connectivity index (χ3v) is 4.39. The molecule has 1 heterocycles.